The largest absolute Gasteiger partial charge is 0.380 e. The molecule has 10 heteroatoms. The maximum atomic E-state index is 13.3. The summed E-state index contributed by atoms with van der Waals surface area (Å²) >= 11 is 0. The number of hydrogen-bond donors (Lipinski definition) is 2. The van der Waals surface area contributed by atoms with Crippen LogP contribution in [0.3, 0.4) is 0 Å². The van der Waals surface area contributed by atoms with Crippen molar-refractivity contribution in [3.63, 3.8) is 0 Å². The van der Waals surface area contributed by atoms with Crippen LogP contribution in [-0.4, -0.2) is 96.9 Å². The summed E-state index contributed by atoms with van der Waals surface area (Å²) in [5, 5.41) is 6.61. The molecule has 2 fully saturated rings. The van der Waals surface area contributed by atoms with Crippen LogP contribution in [0.5, 0.6) is 0 Å². The van der Waals surface area contributed by atoms with Crippen LogP contribution in [0.1, 0.15) is 48.5 Å². The topological polar surface area (TPSA) is 95.0 Å². The molecule has 0 spiro atoms. The number of carbonyl (C=O) groups excluding carboxylic acids is 2. The van der Waals surface area contributed by atoms with Crippen LogP contribution >= 0.6 is 0 Å². The third kappa shape index (κ3) is 6.94. The van der Waals surface area contributed by atoms with Crippen molar-refractivity contribution in [2.75, 3.05) is 69.7 Å². The van der Waals surface area contributed by atoms with Crippen LogP contribution in [0.2, 0.25) is 0 Å². The predicted molar refractivity (Wildman–Crippen MR) is 183 cm³/mol. The third-order valence-electron chi connectivity index (χ3n) is 9.45. The molecule has 0 saturated carbocycles. The predicted octanol–water partition coefficient (Wildman–Crippen LogP) is 5.53. The van der Waals surface area contributed by atoms with Gasteiger partial charge < -0.3 is 25.2 Å². The SMILES string of the molecule is CCOCCN(c1ccnc(NC(=O)c2ccc(C3CCN(C4CN(CC)C4)CC3)cc2)c1)c1ccc2c(ccn2C(=O)NC)c1. The number of hydrogen-bond acceptors (Lipinski definition) is 7. The van der Waals surface area contributed by atoms with Gasteiger partial charge in [-0.25, -0.2) is 9.78 Å². The van der Waals surface area contributed by atoms with E-state index < -0.39 is 0 Å². The Bertz CT molecular complexity index is 1640. The molecule has 0 radical (unpaired) electrons. The number of likely N-dealkylation sites (tertiary alicyclic amines) is 2. The zero-order chi connectivity index (χ0) is 32.0. The number of anilines is 3. The summed E-state index contributed by atoms with van der Waals surface area (Å²) in [5.74, 6) is 0.831. The van der Waals surface area contributed by atoms with E-state index >= 15 is 0 Å². The minimum absolute atomic E-state index is 0.186. The van der Waals surface area contributed by atoms with E-state index in [1.165, 1.54) is 18.7 Å². The number of benzene rings is 2. The molecule has 2 amide bonds. The molecule has 2 N–H and O–H groups in total. The van der Waals surface area contributed by atoms with Gasteiger partial charge >= 0.3 is 6.03 Å². The van der Waals surface area contributed by atoms with Gasteiger partial charge in [0.15, 0.2) is 0 Å². The fraction of sp³-hybridized carbons (Fsp3) is 0.417. The Morgan fingerprint density at radius 1 is 0.978 bits per heavy atom. The average Bonchev–Trinajstić information content (AvgIpc) is 3.50. The highest BCUT2D eigenvalue weighted by molar-refractivity contribution is 6.04. The minimum Gasteiger partial charge on any atom is -0.380 e. The Morgan fingerprint density at radius 2 is 1.74 bits per heavy atom. The van der Waals surface area contributed by atoms with Gasteiger partial charge in [-0.3, -0.25) is 14.3 Å². The Morgan fingerprint density at radius 3 is 2.46 bits per heavy atom. The molecule has 6 rings (SSSR count). The van der Waals surface area contributed by atoms with Gasteiger partial charge in [0.05, 0.1) is 12.1 Å². The van der Waals surface area contributed by atoms with Gasteiger partial charge in [0.1, 0.15) is 5.82 Å². The van der Waals surface area contributed by atoms with Crippen molar-refractivity contribution < 1.29 is 14.3 Å². The van der Waals surface area contributed by atoms with Crippen molar-refractivity contribution >= 4 is 40.0 Å². The van der Waals surface area contributed by atoms with Crippen LogP contribution in [-0.2, 0) is 4.74 Å². The second-order valence-electron chi connectivity index (χ2n) is 12.1. The molecule has 0 aliphatic carbocycles. The lowest BCUT2D eigenvalue weighted by Crippen LogP contribution is -2.60. The lowest BCUT2D eigenvalue weighted by molar-refractivity contribution is 0.0236. The summed E-state index contributed by atoms with van der Waals surface area (Å²) in [6.45, 7) is 11.8. The van der Waals surface area contributed by atoms with Crippen molar-refractivity contribution in [2.24, 2.45) is 0 Å². The first kappa shape index (κ1) is 31.7. The Labute approximate surface area is 271 Å². The minimum atomic E-state index is -0.187. The number of ether oxygens (including phenoxy) is 1. The fourth-order valence-electron chi connectivity index (χ4n) is 6.68. The quantitative estimate of drug-likeness (QED) is 0.212. The molecule has 242 valence electrons. The number of aromatic nitrogens is 2. The van der Waals surface area contributed by atoms with Crippen molar-refractivity contribution in [2.45, 2.75) is 38.6 Å². The molecular weight excluding hydrogens is 578 g/mol. The van der Waals surface area contributed by atoms with Crippen LogP contribution in [0.25, 0.3) is 10.9 Å². The molecule has 2 aliphatic heterocycles. The number of pyridine rings is 1. The van der Waals surface area contributed by atoms with Gasteiger partial charge in [0.2, 0.25) is 0 Å². The first-order valence-corrected chi connectivity index (χ1v) is 16.5. The molecule has 10 nitrogen and oxygen atoms in total. The van der Waals surface area contributed by atoms with E-state index in [1.54, 1.807) is 24.0 Å². The standard InChI is InChI=1S/C36H45N7O3/c1-4-40-24-32(25-40)41-17-13-27(14-18-41)26-6-8-28(9-7-26)35(44)39-34-23-31(12-16-38-34)42(20-21-46-5-2)30-10-11-33-29(22-30)15-19-43(33)36(45)37-3/h6-12,15-16,19,22-23,27,32H,4-5,13-14,17-18,20-21,24-25H2,1-3H3,(H,37,45)(H,38,39,44). The number of nitrogens with zero attached hydrogens (tertiary/aromatic N) is 5. The van der Waals surface area contributed by atoms with Crippen LogP contribution in [0, 0.1) is 0 Å². The van der Waals surface area contributed by atoms with Gasteiger partial charge in [-0.2, -0.15) is 0 Å². The number of fused-ring (bicyclic) bond motifs is 1. The highest BCUT2D eigenvalue weighted by atomic mass is 16.5. The van der Waals surface area contributed by atoms with E-state index in [2.05, 4.69) is 55.4 Å². The molecule has 2 aliphatic rings. The number of piperidine rings is 1. The normalized spacial score (nSPS) is 16.3. The number of likely N-dealkylation sites (N-methyl/N-ethyl adjacent to an activating group) is 1. The lowest BCUT2D eigenvalue weighted by atomic mass is 9.88. The summed E-state index contributed by atoms with van der Waals surface area (Å²) < 4.78 is 7.29. The van der Waals surface area contributed by atoms with Crippen LogP contribution < -0.4 is 15.5 Å². The number of amides is 2. The molecular formula is C36H45N7O3. The molecule has 2 aromatic carbocycles. The molecule has 0 bridgehead atoms. The van der Waals surface area contributed by atoms with Gasteiger partial charge in [-0.1, -0.05) is 19.1 Å². The van der Waals surface area contributed by atoms with Crippen molar-refractivity contribution in [3.05, 3.63) is 84.2 Å². The fourth-order valence-corrected chi connectivity index (χ4v) is 6.68. The van der Waals surface area contributed by atoms with Crippen molar-refractivity contribution in [3.8, 4) is 0 Å². The Hall–Kier alpha value is -4.25. The Balaban J connectivity index is 1.12. The van der Waals surface area contributed by atoms with E-state index in [-0.39, 0.29) is 11.9 Å². The van der Waals surface area contributed by atoms with Crippen LogP contribution in [0.4, 0.5) is 22.0 Å². The summed E-state index contributed by atoms with van der Waals surface area (Å²) in [4.78, 5) is 37.3. The monoisotopic (exact) mass is 623 g/mol. The maximum Gasteiger partial charge on any atom is 0.325 e. The average molecular weight is 624 g/mol. The highest BCUT2D eigenvalue weighted by Crippen LogP contribution is 2.32. The zero-order valence-corrected chi connectivity index (χ0v) is 27.1. The zero-order valence-electron chi connectivity index (χ0n) is 27.1. The summed E-state index contributed by atoms with van der Waals surface area (Å²) in [6.07, 6.45) is 5.80. The highest BCUT2D eigenvalue weighted by Gasteiger charge is 2.33. The van der Waals surface area contributed by atoms with E-state index in [4.69, 9.17) is 4.74 Å². The molecule has 0 unspecified atom stereocenters. The first-order chi connectivity index (χ1) is 22.5. The number of carbonyl (C=O) groups is 2. The van der Waals surface area contributed by atoms with E-state index in [0.29, 0.717) is 37.1 Å². The van der Waals surface area contributed by atoms with Crippen LogP contribution in [0.15, 0.2) is 73.1 Å². The van der Waals surface area contributed by atoms with Gasteiger partial charge in [0.25, 0.3) is 5.91 Å². The van der Waals surface area contributed by atoms with Crippen molar-refractivity contribution in [1.29, 1.82) is 0 Å². The number of nitrogens with one attached hydrogen (secondary N) is 2. The first-order valence-electron chi connectivity index (χ1n) is 16.5. The van der Waals surface area contributed by atoms with E-state index in [9.17, 15) is 9.59 Å². The molecule has 46 heavy (non-hydrogen) atoms. The second-order valence-corrected chi connectivity index (χ2v) is 12.1. The molecule has 4 aromatic rings. The molecule has 4 heterocycles. The lowest BCUT2D eigenvalue weighted by Gasteiger charge is -2.47. The molecule has 2 saturated heterocycles. The summed E-state index contributed by atoms with van der Waals surface area (Å²) in [6, 6.07) is 20.4. The molecule has 2 aromatic heterocycles. The number of rotatable bonds is 11. The van der Waals surface area contributed by atoms with Gasteiger partial charge in [0, 0.05) is 80.1 Å². The van der Waals surface area contributed by atoms with E-state index in [0.717, 1.165) is 60.8 Å². The second kappa shape index (κ2) is 14.5. The molecule has 0 atom stereocenters. The van der Waals surface area contributed by atoms with Gasteiger partial charge in [-0.05, 0) is 93.3 Å². The van der Waals surface area contributed by atoms with E-state index in [1.807, 2.05) is 49.4 Å². The maximum absolute atomic E-state index is 13.3. The summed E-state index contributed by atoms with van der Waals surface area (Å²) in [7, 11) is 1.62. The van der Waals surface area contributed by atoms with Gasteiger partial charge in [-0.15, -0.1) is 0 Å². The smallest absolute Gasteiger partial charge is 0.325 e. The van der Waals surface area contributed by atoms with Crippen molar-refractivity contribution in [1.82, 2.24) is 24.7 Å². The summed E-state index contributed by atoms with van der Waals surface area (Å²) in [5.41, 5.74) is 4.57. The Kier molecular flexibility index (Phi) is 9.97. The third-order valence-corrected chi connectivity index (χ3v) is 9.45.